The summed E-state index contributed by atoms with van der Waals surface area (Å²) in [6, 6.07) is -1.13. The molecule has 1 fully saturated rings. The van der Waals surface area contributed by atoms with Crippen LogP contribution in [0.3, 0.4) is 0 Å². The van der Waals surface area contributed by atoms with Gasteiger partial charge in [0, 0.05) is 32.7 Å². The molecule has 122 valence electrons. The molecular weight excluding hydrogens is 288 g/mol. The fourth-order valence-corrected chi connectivity index (χ4v) is 3.02. The minimum atomic E-state index is -0.632. The fraction of sp³-hybridized carbons (Fsp3) is 0.857. The van der Waals surface area contributed by atoms with Crippen LogP contribution in [-0.2, 0) is 4.79 Å². The fourth-order valence-electron chi connectivity index (χ4n) is 2.55. The first-order valence-electron chi connectivity index (χ1n) is 7.50. The molecule has 0 saturated carbocycles. The Balaban J connectivity index is 2.50. The number of nitrogens with one attached hydrogen (secondary N) is 1. The number of piperazine rings is 1. The summed E-state index contributed by atoms with van der Waals surface area (Å²) in [5.41, 5.74) is 5.17. The van der Waals surface area contributed by atoms with Gasteiger partial charge in [-0.1, -0.05) is 13.8 Å². The van der Waals surface area contributed by atoms with Gasteiger partial charge >= 0.3 is 6.03 Å². The summed E-state index contributed by atoms with van der Waals surface area (Å²) >= 11 is 1.66. The van der Waals surface area contributed by atoms with Crippen LogP contribution in [0.1, 0.15) is 20.3 Å². The summed E-state index contributed by atoms with van der Waals surface area (Å²) in [5, 5.41) is 2.58. The van der Waals surface area contributed by atoms with Crippen molar-refractivity contribution in [2.45, 2.75) is 26.3 Å². The Hall–Kier alpha value is -0.950. The van der Waals surface area contributed by atoms with Crippen LogP contribution in [0.15, 0.2) is 0 Å². The van der Waals surface area contributed by atoms with E-state index in [0.717, 1.165) is 38.5 Å². The lowest BCUT2D eigenvalue weighted by Gasteiger charge is -2.37. The van der Waals surface area contributed by atoms with Gasteiger partial charge in [-0.15, -0.1) is 0 Å². The molecule has 3 N–H and O–H groups in total. The Morgan fingerprint density at radius 1 is 1.24 bits per heavy atom. The van der Waals surface area contributed by atoms with Crippen molar-refractivity contribution < 1.29 is 9.59 Å². The van der Waals surface area contributed by atoms with Gasteiger partial charge in [0.05, 0.1) is 0 Å². The number of hydrogen-bond acceptors (Lipinski definition) is 4. The van der Waals surface area contributed by atoms with Crippen LogP contribution >= 0.6 is 11.8 Å². The Morgan fingerprint density at radius 2 is 1.86 bits per heavy atom. The van der Waals surface area contributed by atoms with Crippen LogP contribution in [0, 0.1) is 5.92 Å². The van der Waals surface area contributed by atoms with Crippen molar-refractivity contribution in [2.75, 3.05) is 44.7 Å². The highest BCUT2D eigenvalue weighted by atomic mass is 32.2. The van der Waals surface area contributed by atoms with Gasteiger partial charge in [0.25, 0.3) is 0 Å². The number of carbonyl (C=O) groups is 2. The summed E-state index contributed by atoms with van der Waals surface area (Å²) in [7, 11) is 0. The Morgan fingerprint density at radius 3 is 2.33 bits per heavy atom. The highest BCUT2D eigenvalue weighted by Gasteiger charge is 2.27. The molecule has 0 spiro atoms. The standard InChI is InChI=1S/C14H28N4O2S/c1-11(2)10-17-5-7-18(8-6-17)13(19)12(4-9-21-3)16-14(15)20/h11-12H,4-10H2,1-3H3,(H3,15,16,20)/t12-/m0/s1. The molecule has 0 bridgehead atoms. The zero-order valence-electron chi connectivity index (χ0n) is 13.3. The molecule has 0 aromatic carbocycles. The monoisotopic (exact) mass is 316 g/mol. The number of carbonyl (C=O) groups excluding carboxylic acids is 2. The molecule has 7 heteroatoms. The number of rotatable bonds is 7. The number of urea groups is 1. The second-order valence-electron chi connectivity index (χ2n) is 5.86. The second-order valence-corrected chi connectivity index (χ2v) is 6.85. The highest BCUT2D eigenvalue weighted by molar-refractivity contribution is 7.98. The molecule has 1 aliphatic heterocycles. The molecule has 1 saturated heterocycles. The Labute approximate surface area is 131 Å². The number of nitrogens with two attached hydrogens (primary N) is 1. The summed E-state index contributed by atoms with van der Waals surface area (Å²) in [5.74, 6) is 1.45. The number of primary amides is 1. The molecule has 0 unspecified atom stereocenters. The van der Waals surface area contributed by atoms with Gasteiger partial charge in [0.1, 0.15) is 6.04 Å². The van der Waals surface area contributed by atoms with Crippen molar-refractivity contribution in [1.82, 2.24) is 15.1 Å². The SMILES string of the molecule is CSCC[C@H](NC(N)=O)C(=O)N1CCN(CC(C)C)CC1. The van der Waals surface area contributed by atoms with Crippen LogP contribution in [0.25, 0.3) is 0 Å². The topological polar surface area (TPSA) is 78.7 Å². The Bertz CT molecular complexity index is 344. The van der Waals surface area contributed by atoms with E-state index >= 15 is 0 Å². The van der Waals surface area contributed by atoms with E-state index in [9.17, 15) is 9.59 Å². The third-order valence-electron chi connectivity index (χ3n) is 3.53. The minimum absolute atomic E-state index is 0.00736. The van der Waals surface area contributed by atoms with Crippen molar-refractivity contribution in [2.24, 2.45) is 11.7 Å². The largest absolute Gasteiger partial charge is 0.352 e. The average molecular weight is 316 g/mol. The smallest absolute Gasteiger partial charge is 0.312 e. The van der Waals surface area contributed by atoms with E-state index in [4.69, 9.17) is 5.73 Å². The van der Waals surface area contributed by atoms with Crippen molar-refractivity contribution >= 4 is 23.7 Å². The molecule has 21 heavy (non-hydrogen) atoms. The third-order valence-corrected chi connectivity index (χ3v) is 4.18. The molecule has 1 aliphatic rings. The quantitative estimate of drug-likeness (QED) is 0.720. The first-order valence-corrected chi connectivity index (χ1v) is 8.89. The molecule has 0 aromatic rings. The van der Waals surface area contributed by atoms with E-state index in [2.05, 4.69) is 24.1 Å². The molecule has 0 aliphatic carbocycles. The van der Waals surface area contributed by atoms with Crippen molar-refractivity contribution in [3.63, 3.8) is 0 Å². The zero-order valence-corrected chi connectivity index (χ0v) is 14.1. The van der Waals surface area contributed by atoms with Gasteiger partial charge in [-0.2, -0.15) is 11.8 Å². The van der Waals surface area contributed by atoms with E-state index in [1.54, 1.807) is 11.8 Å². The highest BCUT2D eigenvalue weighted by Crippen LogP contribution is 2.09. The molecule has 1 atom stereocenters. The summed E-state index contributed by atoms with van der Waals surface area (Å²) in [6.45, 7) is 8.71. The average Bonchev–Trinajstić information content (AvgIpc) is 2.42. The first-order chi connectivity index (χ1) is 9.93. The number of amides is 3. The predicted octanol–water partition coefficient (Wildman–Crippen LogP) is 0.577. The van der Waals surface area contributed by atoms with Crippen molar-refractivity contribution in [1.29, 1.82) is 0 Å². The number of nitrogens with zero attached hydrogens (tertiary/aromatic N) is 2. The van der Waals surface area contributed by atoms with E-state index < -0.39 is 12.1 Å². The predicted molar refractivity (Wildman–Crippen MR) is 87.4 cm³/mol. The summed E-state index contributed by atoms with van der Waals surface area (Å²) in [6.07, 6.45) is 2.60. The number of thioether (sulfide) groups is 1. The van der Waals surface area contributed by atoms with Gasteiger partial charge < -0.3 is 16.0 Å². The molecule has 3 amide bonds. The van der Waals surface area contributed by atoms with Gasteiger partial charge in [0.2, 0.25) is 5.91 Å². The zero-order chi connectivity index (χ0) is 15.8. The molecule has 1 rings (SSSR count). The van der Waals surface area contributed by atoms with E-state index in [-0.39, 0.29) is 5.91 Å². The maximum atomic E-state index is 12.5. The Kier molecular flexibility index (Phi) is 7.88. The van der Waals surface area contributed by atoms with Crippen LogP contribution in [0.5, 0.6) is 0 Å². The summed E-state index contributed by atoms with van der Waals surface area (Å²) in [4.78, 5) is 27.8. The normalized spacial score (nSPS) is 17.8. The van der Waals surface area contributed by atoms with E-state index in [1.165, 1.54) is 0 Å². The van der Waals surface area contributed by atoms with Crippen LogP contribution in [0.2, 0.25) is 0 Å². The van der Waals surface area contributed by atoms with Crippen LogP contribution in [0.4, 0.5) is 4.79 Å². The summed E-state index contributed by atoms with van der Waals surface area (Å²) < 4.78 is 0. The van der Waals surface area contributed by atoms with Gasteiger partial charge in [-0.3, -0.25) is 9.69 Å². The lowest BCUT2D eigenvalue weighted by atomic mass is 10.1. The molecule has 6 nitrogen and oxygen atoms in total. The van der Waals surface area contributed by atoms with E-state index in [1.807, 2.05) is 11.2 Å². The second kappa shape index (κ2) is 9.15. The maximum absolute atomic E-state index is 12.5. The van der Waals surface area contributed by atoms with Crippen LogP contribution < -0.4 is 11.1 Å². The molecule has 0 aromatic heterocycles. The van der Waals surface area contributed by atoms with E-state index in [0.29, 0.717) is 12.3 Å². The van der Waals surface area contributed by atoms with Gasteiger partial charge in [-0.05, 0) is 24.3 Å². The van der Waals surface area contributed by atoms with Gasteiger partial charge in [0.15, 0.2) is 0 Å². The first kappa shape index (κ1) is 18.1. The molecule has 0 radical (unpaired) electrons. The minimum Gasteiger partial charge on any atom is -0.352 e. The van der Waals surface area contributed by atoms with Crippen molar-refractivity contribution in [3.8, 4) is 0 Å². The van der Waals surface area contributed by atoms with Gasteiger partial charge in [-0.25, -0.2) is 4.79 Å². The lowest BCUT2D eigenvalue weighted by Crippen LogP contribution is -2.56. The lowest BCUT2D eigenvalue weighted by molar-refractivity contribution is -0.135. The third kappa shape index (κ3) is 6.56. The van der Waals surface area contributed by atoms with Crippen molar-refractivity contribution in [3.05, 3.63) is 0 Å². The molecular formula is C14H28N4O2S. The number of hydrogen-bond donors (Lipinski definition) is 2. The van der Waals surface area contributed by atoms with Crippen LogP contribution in [-0.4, -0.2) is 72.5 Å². The molecule has 1 heterocycles. The maximum Gasteiger partial charge on any atom is 0.312 e.